The van der Waals surface area contributed by atoms with Crippen molar-refractivity contribution in [1.29, 1.82) is 0 Å². The van der Waals surface area contributed by atoms with Crippen LogP contribution in [0.15, 0.2) is 23.3 Å². The van der Waals surface area contributed by atoms with Gasteiger partial charge in [-0.1, -0.05) is 23.3 Å². The first-order valence-corrected chi connectivity index (χ1v) is 6.92. The van der Waals surface area contributed by atoms with Crippen LogP contribution in [0.3, 0.4) is 0 Å². The van der Waals surface area contributed by atoms with Crippen molar-refractivity contribution >= 4 is 0 Å². The average Bonchev–Trinajstić information content (AvgIpc) is 2.31. The third-order valence-corrected chi connectivity index (χ3v) is 3.97. The molecule has 1 rings (SSSR count). The first kappa shape index (κ1) is 14.5. The van der Waals surface area contributed by atoms with Gasteiger partial charge in [0.15, 0.2) is 0 Å². The summed E-state index contributed by atoms with van der Waals surface area (Å²) in [5.74, 6) is 0. The Morgan fingerprint density at radius 1 is 1.00 bits per heavy atom. The second-order valence-electron chi connectivity index (χ2n) is 5.69. The van der Waals surface area contributed by atoms with Crippen molar-refractivity contribution in [2.45, 2.75) is 71.3 Å². The molecule has 1 aliphatic carbocycles. The zero-order valence-corrected chi connectivity index (χ0v) is 12.0. The molecule has 98 valence electrons. The van der Waals surface area contributed by atoms with Crippen LogP contribution in [0.5, 0.6) is 0 Å². The molecule has 0 saturated carbocycles. The van der Waals surface area contributed by atoms with Crippen LogP contribution < -0.4 is 0 Å². The fraction of sp³-hybridized carbons (Fsp3) is 0.750. The van der Waals surface area contributed by atoms with E-state index in [1.54, 1.807) is 0 Å². The number of allylic oxidation sites excluding steroid dienone is 4. The van der Waals surface area contributed by atoms with Gasteiger partial charge < -0.3 is 4.74 Å². The van der Waals surface area contributed by atoms with E-state index in [4.69, 9.17) is 4.74 Å². The molecule has 0 aromatic rings. The molecular formula is C16H28O. The van der Waals surface area contributed by atoms with Crippen molar-refractivity contribution in [3.8, 4) is 0 Å². The quantitative estimate of drug-likeness (QED) is 0.580. The predicted octanol–water partition coefficient (Wildman–Crippen LogP) is 5.03. The molecule has 0 heterocycles. The van der Waals surface area contributed by atoms with Crippen molar-refractivity contribution in [1.82, 2.24) is 0 Å². The van der Waals surface area contributed by atoms with Gasteiger partial charge in [0, 0.05) is 7.11 Å². The third kappa shape index (κ3) is 5.54. The Morgan fingerprint density at radius 2 is 1.65 bits per heavy atom. The van der Waals surface area contributed by atoms with E-state index in [-0.39, 0.29) is 5.60 Å². The molecule has 17 heavy (non-hydrogen) atoms. The molecule has 1 unspecified atom stereocenters. The Balaban J connectivity index is 2.67. The van der Waals surface area contributed by atoms with Gasteiger partial charge in [-0.3, -0.25) is 0 Å². The minimum absolute atomic E-state index is 0.0655. The van der Waals surface area contributed by atoms with Crippen LogP contribution in [0.2, 0.25) is 0 Å². The topological polar surface area (TPSA) is 9.23 Å². The number of ether oxygens (including phenoxy) is 1. The van der Waals surface area contributed by atoms with E-state index in [0.29, 0.717) is 0 Å². The van der Waals surface area contributed by atoms with Gasteiger partial charge >= 0.3 is 0 Å². The monoisotopic (exact) mass is 236 g/mol. The van der Waals surface area contributed by atoms with Crippen molar-refractivity contribution in [3.05, 3.63) is 23.3 Å². The molecule has 1 heteroatoms. The van der Waals surface area contributed by atoms with E-state index in [0.717, 1.165) is 6.42 Å². The van der Waals surface area contributed by atoms with Gasteiger partial charge in [-0.05, 0) is 65.7 Å². The zero-order chi connectivity index (χ0) is 12.7. The fourth-order valence-corrected chi connectivity index (χ4v) is 2.37. The van der Waals surface area contributed by atoms with Gasteiger partial charge in [0.25, 0.3) is 0 Å². The Bertz CT molecular complexity index is 288. The summed E-state index contributed by atoms with van der Waals surface area (Å²) in [6.45, 7) is 6.76. The second kappa shape index (κ2) is 7.00. The summed E-state index contributed by atoms with van der Waals surface area (Å²) in [7, 11) is 1.85. The smallest absolute Gasteiger partial charge is 0.0654 e. The first-order valence-electron chi connectivity index (χ1n) is 6.92. The lowest BCUT2D eigenvalue weighted by Crippen LogP contribution is -2.27. The Kier molecular flexibility index (Phi) is 5.97. The molecule has 1 nitrogen and oxygen atoms in total. The van der Waals surface area contributed by atoms with Crippen LogP contribution in [0.4, 0.5) is 0 Å². The van der Waals surface area contributed by atoms with Gasteiger partial charge in [-0.15, -0.1) is 0 Å². The van der Waals surface area contributed by atoms with Crippen molar-refractivity contribution in [2.24, 2.45) is 0 Å². The minimum Gasteiger partial charge on any atom is -0.379 e. The number of rotatable bonds is 1. The van der Waals surface area contributed by atoms with E-state index in [2.05, 4.69) is 32.9 Å². The molecule has 1 aliphatic rings. The molecular weight excluding hydrogens is 208 g/mol. The molecule has 0 aromatic carbocycles. The minimum atomic E-state index is 0.0655. The van der Waals surface area contributed by atoms with E-state index in [1.807, 2.05) is 7.11 Å². The summed E-state index contributed by atoms with van der Waals surface area (Å²) in [6.07, 6.45) is 13.1. The second-order valence-corrected chi connectivity index (χ2v) is 5.69. The van der Waals surface area contributed by atoms with Crippen LogP contribution >= 0.6 is 0 Å². The highest BCUT2D eigenvalue weighted by Gasteiger charge is 2.22. The van der Waals surface area contributed by atoms with Crippen molar-refractivity contribution in [2.75, 3.05) is 7.11 Å². The maximum atomic E-state index is 5.71. The highest BCUT2D eigenvalue weighted by atomic mass is 16.5. The normalized spacial score (nSPS) is 28.7. The molecule has 0 aromatic heterocycles. The van der Waals surface area contributed by atoms with E-state index < -0.39 is 0 Å². The zero-order valence-electron chi connectivity index (χ0n) is 12.0. The molecule has 0 amide bonds. The lowest BCUT2D eigenvalue weighted by Gasteiger charge is -2.28. The highest BCUT2D eigenvalue weighted by Crippen LogP contribution is 2.27. The molecule has 0 spiro atoms. The first-order chi connectivity index (χ1) is 8.06. The highest BCUT2D eigenvalue weighted by molar-refractivity contribution is 5.05. The van der Waals surface area contributed by atoms with Crippen LogP contribution in [0, 0.1) is 0 Å². The standard InChI is InChI=1S/C16H28O/c1-14-8-5-6-12-16(3,17-4)13-11-15(2)10-7-9-14/h8,10H,5-7,9,11-13H2,1-4H3. The van der Waals surface area contributed by atoms with Crippen molar-refractivity contribution < 1.29 is 4.74 Å². The summed E-state index contributed by atoms with van der Waals surface area (Å²) in [4.78, 5) is 0. The summed E-state index contributed by atoms with van der Waals surface area (Å²) in [5.41, 5.74) is 3.12. The average molecular weight is 236 g/mol. The maximum Gasteiger partial charge on any atom is 0.0654 e. The lowest BCUT2D eigenvalue weighted by atomic mass is 9.90. The van der Waals surface area contributed by atoms with E-state index in [1.165, 1.54) is 49.7 Å². The molecule has 0 bridgehead atoms. The Morgan fingerprint density at radius 3 is 2.35 bits per heavy atom. The predicted molar refractivity (Wildman–Crippen MR) is 75.2 cm³/mol. The van der Waals surface area contributed by atoms with Gasteiger partial charge in [0.2, 0.25) is 0 Å². The fourth-order valence-electron chi connectivity index (χ4n) is 2.37. The SMILES string of the molecule is COC1(C)CCCC=C(C)CCC=C(C)CC1. The Labute approximate surface area is 107 Å². The molecule has 0 aliphatic heterocycles. The third-order valence-electron chi connectivity index (χ3n) is 3.97. The van der Waals surface area contributed by atoms with Crippen LogP contribution in [-0.2, 0) is 4.74 Å². The van der Waals surface area contributed by atoms with Crippen LogP contribution in [-0.4, -0.2) is 12.7 Å². The summed E-state index contributed by atoms with van der Waals surface area (Å²) in [5, 5.41) is 0. The lowest BCUT2D eigenvalue weighted by molar-refractivity contribution is -0.00921. The van der Waals surface area contributed by atoms with Crippen LogP contribution in [0.25, 0.3) is 0 Å². The van der Waals surface area contributed by atoms with E-state index in [9.17, 15) is 0 Å². The van der Waals surface area contributed by atoms with Crippen LogP contribution in [0.1, 0.15) is 65.7 Å². The summed E-state index contributed by atoms with van der Waals surface area (Å²) in [6, 6.07) is 0. The summed E-state index contributed by atoms with van der Waals surface area (Å²) >= 11 is 0. The van der Waals surface area contributed by atoms with Gasteiger partial charge in [-0.2, -0.15) is 0 Å². The largest absolute Gasteiger partial charge is 0.379 e. The molecule has 1 atom stereocenters. The number of hydrogen-bond acceptors (Lipinski definition) is 1. The molecule has 0 radical (unpaired) electrons. The summed E-state index contributed by atoms with van der Waals surface area (Å²) < 4.78 is 5.71. The Hall–Kier alpha value is -0.560. The number of hydrogen-bond donors (Lipinski definition) is 0. The van der Waals surface area contributed by atoms with E-state index >= 15 is 0 Å². The molecule has 0 saturated heterocycles. The molecule has 0 fully saturated rings. The van der Waals surface area contributed by atoms with Gasteiger partial charge in [0.05, 0.1) is 5.60 Å². The molecule has 0 N–H and O–H groups in total. The van der Waals surface area contributed by atoms with Gasteiger partial charge in [-0.25, -0.2) is 0 Å². The maximum absolute atomic E-state index is 5.71. The number of methoxy groups -OCH3 is 1. The van der Waals surface area contributed by atoms with Crippen molar-refractivity contribution in [3.63, 3.8) is 0 Å². The van der Waals surface area contributed by atoms with Gasteiger partial charge in [0.1, 0.15) is 0 Å².